The first kappa shape index (κ1) is 38.7. The fourth-order valence-electron chi connectivity index (χ4n) is 3.53. The van der Waals surface area contributed by atoms with Gasteiger partial charge < -0.3 is 29.7 Å². The Balaban J connectivity index is 0.000000360. The van der Waals surface area contributed by atoms with Crippen LogP contribution in [0.4, 0.5) is 16.1 Å². The van der Waals surface area contributed by atoms with Gasteiger partial charge in [0.25, 0.3) is 0 Å². The van der Waals surface area contributed by atoms with Crippen LogP contribution in [0, 0.1) is 0 Å². The van der Waals surface area contributed by atoms with E-state index in [4.69, 9.17) is 24.4 Å². The highest BCUT2D eigenvalue weighted by molar-refractivity contribution is 9.19. The Morgan fingerprint density at radius 2 is 1.00 bits per heavy atom. The lowest BCUT2D eigenvalue weighted by Gasteiger charge is -2.32. The highest BCUT2D eigenvalue weighted by Crippen LogP contribution is 2.37. The quantitative estimate of drug-likeness (QED) is 0.183. The van der Waals surface area contributed by atoms with Crippen LogP contribution in [-0.2, 0) is 28.2 Å². The number of halogens is 4. The van der Waals surface area contributed by atoms with Crippen molar-refractivity contribution < 1.29 is 32.9 Å². The number of carbonyl (C=O) groups is 2. The number of carbonyl (C=O) groups excluding carboxylic acids is 2. The molecule has 0 saturated carbocycles. The Morgan fingerprint density at radius 1 is 0.690 bits per heavy atom. The van der Waals surface area contributed by atoms with Crippen LogP contribution in [0.5, 0.6) is 0 Å². The smallest absolute Gasteiger partial charge is 0.399 e. The summed E-state index contributed by atoms with van der Waals surface area (Å²) in [7, 11) is -0.675. The van der Waals surface area contributed by atoms with E-state index in [0.29, 0.717) is 5.33 Å². The lowest BCUT2D eigenvalue weighted by Crippen LogP contribution is -2.41. The SMILES string of the molecule is CC1(C)OB(c2ccc(N)cc2)OC1(C)C.CC1(C)OB(c2ccc(NC(=O)CBr)cc2)OC1(C)C.F.O=C(Br)CBr. The van der Waals surface area contributed by atoms with Crippen LogP contribution in [0.2, 0.25) is 0 Å². The molecule has 3 N–H and O–H groups in total. The van der Waals surface area contributed by atoms with Crippen molar-refractivity contribution in [3.8, 4) is 0 Å². The van der Waals surface area contributed by atoms with Crippen LogP contribution < -0.4 is 22.0 Å². The fraction of sp³-hybridized carbons (Fsp3) is 0.500. The number of amides is 1. The predicted molar refractivity (Wildman–Crippen MR) is 181 cm³/mol. The van der Waals surface area contributed by atoms with E-state index in [1.165, 1.54) is 0 Å². The number of nitrogens with one attached hydrogen (secondary N) is 1. The molecular formula is C28H40B2Br3FN2O6. The third-order valence-electron chi connectivity index (χ3n) is 7.41. The van der Waals surface area contributed by atoms with Crippen molar-refractivity contribution >= 4 is 94.9 Å². The van der Waals surface area contributed by atoms with Gasteiger partial charge in [-0.2, -0.15) is 0 Å². The van der Waals surface area contributed by atoms with Gasteiger partial charge in [0.1, 0.15) is 0 Å². The molecule has 0 atom stereocenters. The third-order valence-corrected chi connectivity index (χ3v) is 9.46. The summed E-state index contributed by atoms with van der Waals surface area (Å²) in [5.41, 5.74) is 7.83. The Kier molecular flexibility index (Phi) is 14.4. The fourth-order valence-corrected chi connectivity index (χ4v) is 3.67. The van der Waals surface area contributed by atoms with Gasteiger partial charge in [-0.3, -0.25) is 14.3 Å². The number of alkyl halides is 2. The molecule has 2 saturated heterocycles. The predicted octanol–water partition coefficient (Wildman–Crippen LogP) is 5.34. The second-order valence-corrected chi connectivity index (χ2v) is 13.6. The molecule has 4 rings (SSSR count). The van der Waals surface area contributed by atoms with Crippen molar-refractivity contribution in [1.29, 1.82) is 0 Å². The van der Waals surface area contributed by atoms with Crippen LogP contribution in [0.25, 0.3) is 0 Å². The van der Waals surface area contributed by atoms with E-state index in [-0.39, 0.29) is 57.3 Å². The zero-order chi connectivity index (χ0) is 31.2. The van der Waals surface area contributed by atoms with Gasteiger partial charge in [-0.25, -0.2) is 0 Å². The monoisotopic (exact) mass is 778 g/mol. The average molecular weight is 781 g/mol. The number of rotatable bonds is 5. The summed E-state index contributed by atoms with van der Waals surface area (Å²) in [4.78, 5) is 21.0. The van der Waals surface area contributed by atoms with E-state index < -0.39 is 0 Å². The van der Waals surface area contributed by atoms with Crippen molar-refractivity contribution in [2.24, 2.45) is 0 Å². The maximum absolute atomic E-state index is 11.3. The molecule has 1 amide bonds. The Morgan fingerprint density at radius 3 is 1.29 bits per heavy atom. The molecule has 2 fully saturated rings. The number of anilines is 2. The first-order valence-electron chi connectivity index (χ1n) is 13.1. The lowest BCUT2D eigenvalue weighted by atomic mass is 9.79. The molecule has 0 aromatic heterocycles. The van der Waals surface area contributed by atoms with E-state index >= 15 is 0 Å². The topological polar surface area (TPSA) is 109 Å². The summed E-state index contributed by atoms with van der Waals surface area (Å²) in [6.45, 7) is 16.3. The molecule has 2 aliphatic heterocycles. The maximum Gasteiger partial charge on any atom is 0.494 e. The molecule has 0 bridgehead atoms. The van der Waals surface area contributed by atoms with Crippen LogP contribution in [-0.4, -0.2) is 57.9 Å². The first-order valence-corrected chi connectivity index (χ1v) is 16.1. The minimum Gasteiger partial charge on any atom is -0.399 e. The summed E-state index contributed by atoms with van der Waals surface area (Å²) in [6, 6.07) is 15.1. The number of nitrogens with two attached hydrogens (primary N) is 1. The second kappa shape index (κ2) is 15.6. The molecule has 2 aromatic carbocycles. The van der Waals surface area contributed by atoms with Crippen molar-refractivity contribution in [2.45, 2.75) is 77.8 Å². The second-order valence-electron chi connectivity index (χ2n) is 11.6. The number of nitrogen functional groups attached to an aromatic ring is 1. The van der Waals surface area contributed by atoms with Gasteiger partial charge in [0.05, 0.1) is 33.1 Å². The van der Waals surface area contributed by atoms with Gasteiger partial charge in [-0.05, 0) is 107 Å². The van der Waals surface area contributed by atoms with Crippen LogP contribution in [0.15, 0.2) is 48.5 Å². The van der Waals surface area contributed by atoms with Crippen LogP contribution >= 0.6 is 47.8 Å². The molecule has 2 aliphatic rings. The molecule has 0 aliphatic carbocycles. The maximum atomic E-state index is 11.3. The normalized spacial score (nSPS) is 18.9. The molecule has 42 heavy (non-hydrogen) atoms. The van der Waals surface area contributed by atoms with Gasteiger partial charge in [-0.15, -0.1) is 0 Å². The van der Waals surface area contributed by atoms with Crippen molar-refractivity contribution in [1.82, 2.24) is 0 Å². The van der Waals surface area contributed by atoms with E-state index in [1.807, 2.05) is 104 Å². The molecule has 0 radical (unpaired) electrons. The van der Waals surface area contributed by atoms with E-state index in [0.717, 1.165) is 22.3 Å². The Bertz CT molecular complexity index is 1150. The van der Waals surface area contributed by atoms with Gasteiger partial charge in [0.15, 0.2) is 0 Å². The summed E-state index contributed by atoms with van der Waals surface area (Å²) in [6.07, 6.45) is 0. The molecule has 2 aromatic rings. The molecule has 0 spiro atoms. The zero-order valence-electron chi connectivity index (χ0n) is 25.3. The van der Waals surface area contributed by atoms with Crippen molar-refractivity contribution in [3.63, 3.8) is 0 Å². The Hall–Kier alpha value is -1.28. The van der Waals surface area contributed by atoms with Crippen molar-refractivity contribution in [3.05, 3.63) is 48.5 Å². The highest BCUT2D eigenvalue weighted by atomic mass is 79.9. The van der Waals surface area contributed by atoms with E-state index in [2.05, 4.69) is 53.1 Å². The molecule has 232 valence electrons. The lowest BCUT2D eigenvalue weighted by molar-refractivity contribution is -0.113. The minimum atomic E-state index is -0.374. The molecule has 8 nitrogen and oxygen atoms in total. The molecule has 0 unspecified atom stereocenters. The van der Waals surface area contributed by atoms with Gasteiger partial charge in [0.2, 0.25) is 10.6 Å². The largest absolute Gasteiger partial charge is 0.494 e. The van der Waals surface area contributed by atoms with E-state index in [1.54, 1.807) is 0 Å². The molecule has 14 heteroatoms. The van der Waals surface area contributed by atoms with Gasteiger partial charge in [0, 0.05) is 11.4 Å². The summed E-state index contributed by atoms with van der Waals surface area (Å²) < 4.78 is 23.8. The molecule has 2 heterocycles. The minimum absolute atomic E-state index is 0. The number of hydrogen-bond donors (Lipinski definition) is 2. The number of hydrogen-bond acceptors (Lipinski definition) is 7. The van der Waals surface area contributed by atoms with Gasteiger partial charge >= 0.3 is 14.2 Å². The van der Waals surface area contributed by atoms with Crippen molar-refractivity contribution in [2.75, 3.05) is 21.7 Å². The zero-order valence-corrected chi connectivity index (χ0v) is 30.0. The number of benzene rings is 2. The summed E-state index contributed by atoms with van der Waals surface area (Å²) in [5, 5.41) is 3.45. The van der Waals surface area contributed by atoms with E-state index in [9.17, 15) is 9.59 Å². The standard InChI is InChI=1S/C14H19BBrNO3.C12H18BNO2.C2H2Br2O.FH/c1-13(2)14(3,4)20-15(19-13)10-5-7-11(8-6-10)17-12(18)9-16;1-11(2)12(3,4)16-13(15-11)9-5-7-10(14)8-6-9;3-1-2(4)5;/h5-8H,9H2,1-4H3,(H,17,18);5-8H,14H2,1-4H3;1H2;1H. The highest BCUT2D eigenvalue weighted by Gasteiger charge is 2.52. The van der Waals surface area contributed by atoms with Crippen LogP contribution in [0.1, 0.15) is 55.4 Å². The van der Waals surface area contributed by atoms with Gasteiger partial charge in [-0.1, -0.05) is 56.1 Å². The first-order chi connectivity index (χ1) is 18.8. The molecular weight excluding hydrogens is 741 g/mol. The third kappa shape index (κ3) is 10.4. The van der Waals surface area contributed by atoms with Crippen LogP contribution in [0.3, 0.4) is 0 Å². The average Bonchev–Trinajstić information content (AvgIpc) is 3.24. The Labute approximate surface area is 274 Å². The summed E-state index contributed by atoms with van der Waals surface area (Å²) in [5.74, 6) is -0.0756. The summed E-state index contributed by atoms with van der Waals surface area (Å²) >= 11 is 8.72.